The summed E-state index contributed by atoms with van der Waals surface area (Å²) in [6.45, 7) is 0. The fourth-order valence-corrected chi connectivity index (χ4v) is 3.41. The highest BCUT2D eigenvalue weighted by Crippen LogP contribution is 2.47. The number of carbonyl (C=O) groups is 1. The van der Waals surface area contributed by atoms with Crippen LogP contribution in [0.15, 0.2) is 24.3 Å². The van der Waals surface area contributed by atoms with E-state index < -0.39 is 0 Å². The van der Waals surface area contributed by atoms with E-state index in [2.05, 4.69) is 29.7 Å². The molecule has 0 aromatic heterocycles. The van der Waals surface area contributed by atoms with Crippen LogP contribution in [0.5, 0.6) is 0 Å². The van der Waals surface area contributed by atoms with Crippen LogP contribution < -0.4 is 11.3 Å². The summed E-state index contributed by atoms with van der Waals surface area (Å²) in [5, 5.41) is 0. The van der Waals surface area contributed by atoms with E-state index in [0.29, 0.717) is 5.92 Å². The second-order valence-electron chi connectivity index (χ2n) is 5.96. The van der Waals surface area contributed by atoms with Gasteiger partial charge in [-0.25, -0.2) is 5.84 Å². The molecule has 19 heavy (non-hydrogen) atoms. The Morgan fingerprint density at radius 2 is 1.68 bits per heavy atom. The maximum Gasteiger partial charge on any atom is 0.237 e. The first kappa shape index (κ1) is 12.7. The zero-order valence-corrected chi connectivity index (χ0v) is 11.3. The molecule has 2 aliphatic rings. The van der Waals surface area contributed by atoms with E-state index in [1.807, 2.05) is 0 Å². The summed E-state index contributed by atoms with van der Waals surface area (Å²) >= 11 is 0. The van der Waals surface area contributed by atoms with Gasteiger partial charge in [0.2, 0.25) is 5.91 Å². The van der Waals surface area contributed by atoms with Crippen LogP contribution >= 0.6 is 0 Å². The van der Waals surface area contributed by atoms with E-state index >= 15 is 0 Å². The highest BCUT2D eigenvalue weighted by molar-refractivity contribution is 5.82. The van der Waals surface area contributed by atoms with Crippen molar-refractivity contribution in [3.63, 3.8) is 0 Å². The number of benzene rings is 1. The number of rotatable bonds is 3. The fraction of sp³-hybridized carbons (Fsp3) is 0.562. The average molecular weight is 258 g/mol. The van der Waals surface area contributed by atoms with Gasteiger partial charge < -0.3 is 0 Å². The minimum absolute atomic E-state index is 0.0265. The first-order valence-electron chi connectivity index (χ1n) is 7.40. The standard InChI is InChI=1S/C16H22N2O/c17-18-16(19)15-10-14(15)13-8-6-12(7-9-13)11-4-2-1-3-5-11/h6-9,11,14-15H,1-5,10,17H2,(H,18,19). The zero-order valence-electron chi connectivity index (χ0n) is 11.3. The number of carbonyl (C=O) groups excluding carboxylic acids is 1. The lowest BCUT2D eigenvalue weighted by molar-refractivity contribution is -0.122. The predicted octanol–water partition coefficient (Wildman–Crippen LogP) is 2.83. The molecule has 3 nitrogen and oxygen atoms in total. The number of amides is 1. The van der Waals surface area contributed by atoms with Gasteiger partial charge in [0.25, 0.3) is 0 Å². The Bertz CT molecular complexity index is 448. The summed E-state index contributed by atoms with van der Waals surface area (Å²) in [7, 11) is 0. The normalized spacial score (nSPS) is 27.0. The molecule has 2 unspecified atom stereocenters. The minimum Gasteiger partial charge on any atom is -0.294 e. The molecule has 2 aliphatic carbocycles. The van der Waals surface area contributed by atoms with Gasteiger partial charge in [-0.3, -0.25) is 10.2 Å². The van der Waals surface area contributed by atoms with Gasteiger partial charge in [0.15, 0.2) is 0 Å². The van der Waals surface area contributed by atoms with Crippen molar-refractivity contribution < 1.29 is 4.79 Å². The quantitative estimate of drug-likeness (QED) is 0.497. The molecule has 1 aromatic rings. The fourth-order valence-electron chi connectivity index (χ4n) is 3.41. The molecule has 1 amide bonds. The van der Waals surface area contributed by atoms with Crippen LogP contribution in [-0.2, 0) is 4.79 Å². The summed E-state index contributed by atoms with van der Waals surface area (Å²) in [5.41, 5.74) is 5.01. The number of nitrogens with two attached hydrogens (primary N) is 1. The Morgan fingerprint density at radius 1 is 1.05 bits per heavy atom. The maximum absolute atomic E-state index is 11.4. The average Bonchev–Trinajstić information content (AvgIpc) is 3.28. The molecule has 102 valence electrons. The third-order valence-electron chi connectivity index (χ3n) is 4.71. The summed E-state index contributed by atoms with van der Waals surface area (Å²) in [4.78, 5) is 11.4. The molecule has 1 aromatic carbocycles. The molecule has 0 heterocycles. The lowest BCUT2D eigenvalue weighted by Gasteiger charge is -2.22. The lowest BCUT2D eigenvalue weighted by atomic mass is 9.84. The molecule has 3 rings (SSSR count). The van der Waals surface area contributed by atoms with Crippen molar-refractivity contribution >= 4 is 5.91 Å². The SMILES string of the molecule is NNC(=O)C1CC1c1ccc(C2CCCCC2)cc1. The van der Waals surface area contributed by atoms with Crippen molar-refractivity contribution in [2.45, 2.75) is 50.4 Å². The molecule has 0 radical (unpaired) electrons. The van der Waals surface area contributed by atoms with Crippen molar-refractivity contribution in [1.82, 2.24) is 5.43 Å². The van der Waals surface area contributed by atoms with Gasteiger partial charge in [0.1, 0.15) is 0 Å². The molecular formula is C16H22N2O. The summed E-state index contributed by atoms with van der Waals surface area (Å²) < 4.78 is 0. The summed E-state index contributed by atoms with van der Waals surface area (Å²) in [6.07, 6.45) is 7.74. The Morgan fingerprint density at radius 3 is 2.32 bits per heavy atom. The van der Waals surface area contributed by atoms with E-state index in [1.54, 1.807) is 0 Å². The van der Waals surface area contributed by atoms with Crippen LogP contribution in [-0.4, -0.2) is 5.91 Å². The van der Waals surface area contributed by atoms with Crippen LogP contribution in [0, 0.1) is 5.92 Å². The molecule has 0 aliphatic heterocycles. The molecule has 3 N–H and O–H groups in total. The smallest absolute Gasteiger partial charge is 0.237 e. The van der Waals surface area contributed by atoms with Crippen molar-refractivity contribution in [2.24, 2.45) is 11.8 Å². The first-order chi connectivity index (χ1) is 9.29. The molecule has 2 fully saturated rings. The third-order valence-corrected chi connectivity index (χ3v) is 4.71. The Labute approximate surface area is 114 Å². The maximum atomic E-state index is 11.4. The van der Waals surface area contributed by atoms with Gasteiger partial charge in [0.05, 0.1) is 0 Å². The van der Waals surface area contributed by atoms with Gasteiger partial charge >= 0.3 is 0 Å². The van der Waals surface area contributed by atoms with Gasteiger partial charge in [-0.1, -0.05) is 43.5 Å². The second kappa shape index (κ2) is 5.33. The van der Waals surface area contributed by atoms with E-state index in [-0.39, 0.29) is 11.8 Å². The largest absolute Gasteiger partial charge is 0.294 e. The minimum atomic E-state index is -0.0265. The Kier molecular flexibility index (Phi) is 3.56. The topological polar surface area (TPSA) is 55.1 Å². The van der Waals surface area contributed by atoms with Gasteiger partial charge in [-0.15, -0.1) is 0 Å². The van der Waals surface area contributed by atoms with Crippen molar-refractivity contribution in [3.8, 4) is 0 Å². The first-order valence-corrected chi connectivity index (χ1v) is 7.40. The number of hydrazine groups is 1. The van der Waals surface area contributed by atoms with Crippen LogP contribution in [0.2, 0.25) is 0 Å². The predicted molar refractivity (Wildman–Crippen MR) is 75.4 cm³/mol. The van der Waals surface area contributed by atoms with Crippen molar-refractivity contribution in [2.75, 3.05) is 0 Å². The van der Waals surface area contributed by atoms with E-state index in [0.717, 1.165) is 12.3 Å². The van der Waals surface area contributed by atoms with Gasteiger partial charge in [-0.05, 0) is 42.2 Å². The Hall–Kier alpha value is -1.35. The van der Waals surface area contributed by atoms with Crippen molar-refractivity contribution in [3.05, 3.63) is 35.4 Å². The second-order valence-corrected chi connectivity index (χ2v) is 5.96. The number of hydrogen-bond donors (Lipinski definition) is 2. The van der Waals surface area contributed by atoms with Crippen molar-refractivity contribution in [1.29, 1.82) is 0 Å². The Balaban J connectivity index is 1.65. The van der Waals surface area contributed by atoms with Gasteiger partial charge in [-0.2, -0.15) is 0 Å². The molecule has 2 saturated carbocycles. The van der Waals surface area contributed by atoms with E-state index in [4.69, 9.17) is 5.84 Å². The number of hydrogen-bond acceptors (Lipinski definition) is 2. The van der Waals surface area contributed by atoms with Crippen LogP contribution in [0.1, 0.15) is 61.5 Å². The van der Waals surface area contributed by atoms with Gasteiger partial charge in [0, 0.05) is 5.92 Å². The summed E-state index contributed by atoms with van der Waals surface area (Å²) in [5.74, 6) is 6.37. The third kappa shape index (κ3) is 2.66. The van der Waals surface area contributed by atoms with Crippen LogP contribution in [0.3, 0.4) is 0 Å². The number of nitrogens with one attached hydrogen (secondary N) is 1. The lowest BCUT2D eigenvalue weighted by Crippen LogP contribution is -2.31. The monoisotopic (exact) mass is 258 g/mol. The van der Waals surface area contributed by atoms with E-state index in [9.17, 15) is 4.79 Å². The molecule has 0 bridgehead atoms. The molecule has 2 atom stereocenters. The summed E-state index contributed by atoms with van der Waals surface area (Å²) in [6, 6.07) is 8.94. The zero-order chi connectivity index (χ0) is 13.2. The molecule has 0 spiro atoms. The highest BCUT2D eigenvalue weighted by atomic mass is 16.2. The van der Waals surface area contributed by atoms with Crippen LogP contribution in [0.25, 0.3) is 0 Å². The molecule has 0 saturated heterocycles. The highest BCUT2D eigenvalue weighted by Gasteiger charge is 2.43. The molecule has 3 heteroatoms. The molecular weight excluding hydrogens is 236 g/mol. The van der Waals surface area contributed by atoms with Crippen LogP contribution in [0.4, 0.5) is 0 Å². The van der Waals surface area contributed by atoms with E-state index in [1.165, 1.54) is 43.2 Å².